The maximum Gasteiger partial charge on any atom is 0.266 e. The Morgan fingerprint density at radius 3 is 2.29 bits per heavy atom. The molecule has 0 N–H and O–H groups in total. The third-order valence-corrected chi connectivity index (χ3v) is 4.14. The molecular weight excluding hydrogens is 280 g/mol. The van der Waals surface area contributed by atoms with Gasteiger partial charge in [-0.3, -0.25) is 9.69 Å². The third-order valence-electron chi connectivity index (χ3n) is 3.08. The molecule has 1 aliphatic rings. The van der Waals surface area contributed by atoms with E-state index in [9.17, 15) is 4.79 Å². The van der Waals surface area contributed by atoms with E-state index in [0.29, 0.717) is 10.1 Å². The molecule has 0 unspecified atom stereocenters. The van der Waals surface area contributed by atoms with Crippen LogP contribution in [-0.2, 0) is 4.79 Å². The van der Waals surface area contributed by atoms with E-state index in [0.717, 1.165) is 11.3 Å². The van der Waals surface area contributed by atoms with Crippen LogP contribution in [0.25, 0.3) is 6.08 Å². The highest BCUT2D eigenvalue weighted by Gasteiger charge is 2.30. The summed E-state index contributed by atoms with van der Waals surface area (Å²) in [5.41, 5.74) is 1.86. The number of amides is 1. The van der Waals surface area contributed by atoms with Gasteiger partial charge in [-0.25, -0.2) is 4.99 Å². The Morgan fingerprint density at radius 2 is 1.62 bits per heavy atom. The van der Waals surface area contributed by atoms with Crippen LogP contribution in [0.15, 0.2) is 70.6 Å². The summed E-state index contributed by atoms with van der Waals surface area (Å²) in [6.45, 7) is 0. The molecule has 104 valence electrons. The Hall–Kier alpha value is -2.33. The number of thioether (sulfide) groups is 1. The number of carbonyl (C=O) groups is 1. The number of rotatable bonds is 2. The summed E-state index contributed by atoms with van der Waals surface area (Å²) in [6, 6.07) is 19.5. The highest BCUT2D eigenvalue weighted by molar-refractivity contribution is 8.18. The molecule has 1 aliphatic heterocycles. The fourth-order valence-electron chi connectivity index (χ4n) is 1.97. The molecule has 0 spiro atoms. The van der Waals surface area contributed by atoms with E-state index >= 15 is 0 Å². The Morgan fingerprint density at radius 1 is 1.00 bits per heavy atom. The number of amidine groups is 1. The van der Waals surface area contributed by atoms with Crippen LogP contribution in [-0.4, -0.2) is 23.0 Å². The molecule has 1 saturated heterocycles. The Labute approximate surface area is 128 Å². The normalized spacial score (nSPS) is 18.7. The van der Waals surface area contributed by atoms with Gasteiger partial charge < -0.3 is 0 Å². The number of carbonyl (C=O) groups excluding carboxylic acids is 1. The molecule has 4 heteroatoms. The number of nitrogens with zero attached hydrogens (tertiary/aromatic N) is 2. The van der Waals surface area contributed by atoms with Crippen molar-refractivity contribution >= 4 is 34.6 Å². The van der Waals surface area contributed by atoms with Gasteiger partial charge in [-0.15, -0.1) is 0 Å². The fraction of sp³-hybridized carbons (Fsp3) is 0.0588. The van der Waals surface area contributed by atoms with Crippen molar-refractivity contribution in [3.8, 4) is 0 Å². The topological polar surface area (TPSA) is 32.7 Å². The van der Waals surface area contributed by atoms with Crippen LogP contribution in [0.2, 0.25) is 0 Å². The van der Waals surface area contributed by atoms with Crippen LogP contribution < -0.4 is 0 Å². The first-order valence-electron chi connectivity index (χ1n) is 6.60. The fourth-order valence-corrected chi connectivity index (χ4v) is 2.95. The summed E-state index contributed by atoms with van der Waals surface area (Å²) in [7, 11) is 1.75. The first-order chi connectivity index (χ1) is 10.2. The number of aliphatic imine (C=N–C) groups is 1. The number of benzene rings is 2. The van der Waals surface area contributed by atoms with Crippen LogP contribution in [0.4, 0.5) is 5.69 Å². The van der Waals surface area contributed by atoms with Gasteiger partial charge in [-0.2, -0.15) is 0 Å². The molecule has 3 rings (SSSR count). The summed E-state index contributed by atoms with van der Waals surface area (Å²) < 4.78 is 0. The van der Waals surface area contributed by atoms with Gasteiger partial charge >= 0.3 is 0 Å². The molecule has 1 amide bonds. The second-order valence-corrected chi connectivity index (χ2v) is 5.62. The molecule has 0 aromatic heterocycles. The molecule has 3 nitrogen and oxygen atoms in total. The van der Waals surface area contributed by atoms with Crippen molar-refractivity contribution in [1.29, 1.82) is 0 Å². The molecule has 2 aromatic rings. The lowest BCUT2D eigenvalue weighted by Crippen LogP contribution is -2.23. The van der Waals surface area contributed by atoms with E-state index < -0.39 is 0 Å². The molecule has 1 heterocycles. The maximum atomic E-state index is 12.3. The predicted octanol–water partition coefficient (Wildman–Crippen LogP) is 3.92. The van der Waals surface area contributed by atoms with Crippen LogP contribution in [0.3, 0.4) is 0 Å². The highest BCUT2D eigenvalue weighted by atomic mass is 32.2. The van der Waals surface area contributed by atoms with Crippen molar-refractivity contribution in [2.45, 2.75) is 0 Å². The number of likely N-dealkylation sites (N-methyl/N-ethyl adjacent to an activating group) is 1. The Bertz CT molecular complexity index is 708. The Balaban J connectivity index is 1.89. The van der Waals surface area contributed by atoms with E-state index in [-0.39, 0.29) is 5.91 Å². The van der Waals surface area contributed by atoms with Gasteiger partial charge in [-0.05, 0) is 35.5 Å². The van der Waals surface area contributed by atoms with E-state index in [1.165, 1.54) is 11.8 Å². The summed E-state index contributed by atoms with van der Waals surface area (Å²) >= 11 is 1.40. The SMILES string of the molecule is CN1C(=O)C(=Cc2ccccc2)SC1=Nc1ccccc1. The van der Waals surface area contributed by atoms with Gasteiger partial charge in [0.05, 0.1) is 10.6 Å². The van der Waals surface area contributed by atoms with Gasteiger partial charge in [0.25, 0.3) is 5.91 Å². The summed E-state index contributed by atoms with van der Waals surface area (Å²) in [5, 5.41) is 0.702. The van der Waals surface area contributed by atoms with E-state index in [4.69, 9.17) is 0 Å². The largest absolute Gasteiger partial charge is 0.290 e. The minimum absolute atomic E-state index is 0.0152. The molecule has 0 atom stereocenters. The molecule has 0 bridgehead atoms. The van der Waals surface area contributed by atoms with E-state index in [1.807, 2.05) is 66.7 Å². The minimum atomic E-state index is -0.0152. The Kier molecular flexibility index (Phi) is 3.88. The number of hydrogen-bond acceptors (Lipinski definition) is 3. The monoisotopic (exact) mass is 294 g/mol. The first-order valence-corrected chi connectivity index (χ1v) is 7.42. The summed E-state index contributed by atoms with van der Waals surface area (Å²) in [6.07, 6.45) is 1.90. The lowest BCUT2D eigenvalue weighted by molar-refractivity contribution is -0.121. The second-order valence-electron chi connectivity index (χ2n) is 4.62. The van der Waals surface area contributed by atoms with Gasteiger partial charge in [0.2, 0.25) is 0 Å². The number of para-hydroxylation sites is 1. The zero-order chi connectivity index (χ0) is 14.7. The summed E-state index contributed by atoms with van der Waals surface area (Å²) in [4.78, 5) is 19.1. The van der Waals surface area contributed by atoms with Crippen LogP contribution in [0, 0.1) is 0 Å². The average Bonchev–Trinajstić information content (AvgIpc) is 2.78. The van der Waals surface area contributed by atoms with E-state index in [1.54, 1.807) is 11.9 Å². The lowest BCUT2D eigenvalue weighted by atomic mass is 10.2. The van der Waals surface area contributed by atoms with Crippen LogP contribution in [0.1, 0.15) is 5.56 Å². The van der Waals surface area contributed by atoms with Crippen molar-refractivity contribution in [1.82, 2.24) is 4.90 Å². The van der Waals surface area contributed by atoms with Gasteiger partial charge in [0.15, 0.2) is 5.17 Å². The van der Waals surface area contributed by atoms with Crippen molar-refractivity contribution in [2.75, 3.05) is 7.05 Å². The molecule has 1 fully saturated rings. The van der Waals surface area contributed by atoms with Crippen molar-refractivity contribution in [2.24, 2.45) is 4.99 Å². The highest BCUT2D eigenvalue weighted by Crippen LogP contribution is 2.32. The molecule has 0 radical (unpaired) electrons. The van der Waals surface area contributed by atoms with Gasteiger partial charge in [-0.1, -0.05) is 48.5 Å². The molecule has 0 saturated carbocycles. The zero-order valence-electron chi connectivity index (χ0n) is 11.6. The maximum absolute atomic E-state index is 12.3. The summed E-state index contributed by atoms with van der Waals surface area (Å²) in [5.74, 6) is -0.0152. The van der Waals surface area contributed by atoms with Crippen LogP contribution >= 0.6 is 11.8 Å². The molecule has 0 aliphatic carbocycles. The minimum Gasteiger partial charge on any atom is -0.290 e. The third kappa shape index (κ3) is 3.06. The van der Waals surface area contributed by atoms with Crippen molar-refractivity contribution in [3.63, 3.8) is 0 Å². The lowest BCUT2D eigenvalue weighted by Gasteiger charge is -2.06. The van der Waals surface area contributed by atoms with Crippen molar-refractivity contribution < 1.29 is 4.79 Å². The predicted molar refractivity (Wildman–Crippen MR) is 88.3 cm³/mol. The quantitative estimate of drug-likeness (QED) is 0.786. The molecule has 21 heavy (non-hydrogen) atoms. The van der Waals surface area contributed by atoms with Gasteiger partial charge in [0.1, 0.15) is 0 Å². The van der Waals surface area contributed by atoms with Gasteiger partial charge in [0, 0.05) is 7.05 Å². The first kappa shape index (κ1) is 13.6. The molecular formula is C17H14N2OS. The smallest absolute Gasteiger partial charge is 0.266 e. The van der Waals surface area contributed by atoms with E-state index in [2.05, 4.69) is 4.99 Å². The second kappa shape index (κ2) is 5.97. The molecule has 2 aromatic carbocycles. The standard InChI is InChI=1S/C17H14N2OS/c1-19-16(20)15(12-13-8-4-2-5-9-13)21-17(19)18-14-10-6-3-7-11-14/h2-12H,1H3. The van der Waals surface area contributed by atoms with Crippen LogP contribution in [0.5, 0.6) is 0 Å². The average molecular weight is 294 g/mol. The van der Waals surface area contributed by atoms with Crippen molar-refractivity contribution in [3.05, 3.63) is 71.1 Å². The number of hydrogen-bond donors (Lipinski definition) is 0. The zero-order valence-corrected chi connectivity index (χ0v) is 12.4.